The molecule has 0 fully saturated rings. The van der Waals surface area contributed by atoms with Crippen LogP contribution in [0.15, 0.2) is 35.3 Å². The molecule has 1 aromatic carbocycles. The zero-order valence-corrected chi connectivity index (χ0v) is 14.1. The van der Waals surface area contributed by atoms with Crippen LogP contribution in [0.1, 0.15) is 52.6 Å². The fourth-order valence-electron chi connectivity index (χ4n) is 2.95. The molecule has 0 amide bonds. The van der Waals surface area contributed by atoms with Crippen LogP contribution < -0.4 is 5.32 Å². The van der Waals surface area contributed by atoms with Crippen molar-refractivity contribution >= 4 is 16.9 Å². The fraction of sp³-hybridized carbons (Fsp3) is 0.588. The normalized spacial score (nSPS) is 19.9. The Hall–Kier alpha value is -0.960. The standard InChI is InChI=1S/C17H26N2S/c1-16(2,3)12-17(4,5)19-15-18-14(11-20-15)13-9-7-6-8-10-13/h6-10,14H,11-12H2,1-5H3,(H,18,19). The van der Waals surface area contributed by atoms with E-state index in [9.17, 15) is 0 Å². The van der Waals surface area contributed by atoms with Gasteiger partial charge in [-0.15, -0.1) is 0 Å². The summed E-state index contributed by atoms with van der Waals surface area (Å²) in [6.07, 6.45) is 1.12. The van der Waals surface area contributed by atoms with Crippen LogP contribution in [-0.4, -0.2) is 16.5 Å². The zero-order chi connectivity index (χ0) is 14.8. The van der Waals surface area contributed by atoms with Gasteiger partial charge in [-0.05, 0) is 31.2 Å². The van der Waals surface area contributed by atoms with Crippen LogP contribution in [0.25, 0.3) is 0 Å². The molecular formula is C17H26N2S. The molecule has 0 saturated heterocycles. The van der Waals surface area contributed by atoms with Crippen molar-refractivity contribution in [1.29, 1.82) is 0 Å². The van der Waals surface area contributed by atoms with E-state index in [4.69, 9.17) is 4.99 Å². The van der Waals surface area contributed by atoms with Crippen molar-refractivity contribution in [2.75, 3.05) is 5.75 Å². The molecule has 110 valence electrons. The Balaban J connectivity index is 2.01. The van der Waals surface area contributed by atoms with E-state index in [1.165, 1.54) is 5.56 Å². The van der Waals surface area contributed by atoms with Crippen LogP contribution in [-0.2, 0) is 0 Å². The Morgan fingerprint density at radius 1 is 1.15 bits per heavy atom. The van der Waals surface area contributed by atoms with E-state index < -0.39 is 0 Å². The highest BCUT2D eigenvalue weighted by atomic mass is 32.2. The zero-order valence-electron chi connectivity index (χ0n) is 13.2. The van der Waals surface area contributed by atoms with E-state index in [1.807, 2.05) is 11.8 Å². The van der Waals surface area contributed by atoms with Gasteiger partial charge in [-0.1, -0.05) is 62.9 Å². The molecule has 2 nitrogen and oxygen atoms in total. The second-order valence-electron chi connectivity index (χ2n) is 7.42. The van der Waals surface area contributed by atoms with E-state index >= 15 is 0 Å². The number of hydrogen-bond donors (Lipinski definition) is 1. The molecule has 20 heavy (non-hydrogen) atoms. The van der Waals surface area contributed by atoms with Gasteiger partial charge < -0.3 is 5.32 Å². The molecule has 0 saturated carbocycles. The topological polar surface area (TPSA) is 24.4 Å². The fourth-order valence-corrected chi connectivity index (χ4v) is 4.08. The lowest BCUT2D eigenvalue weighted by Gasteiger charge is -2.33. The van der Waals surface area contributed by atoms with Crippen molar-refractivity contribution < 1.29 is 0 Å². The van der Waals surface area contributed by atoms with Crippen molar-refractivity contribution in [3.8, 4) is 0 Å². The van der Waals surface area contributed by atoms with Crippen LogP contribution in [0.4, 0.5) is 0 Å². The summed E-state index contributed by atoms with van der Waals surface area (Å²) < 4.78 is 0. The SMILES string of the molecule is CC(C)(C)CC(C)(C)NC1=NC(c2ccccc2)CS1. The first-order valence-corrected chi connectivity index (χ1v) is 8.27. The molecule has 1 aliphatic heterocycles. The monoisotopic (exact) mass is 290 g/mol. The molecule has 1 N–H and O–H groups in total. The average Bonchev–Trinajstić information content (AvgIpc) is 2.74. The largest absolute Gasteiger partial charge is 0.360 e. The number of amidine groups is 1. The number of nitrogens with zero attached hydrogens (tertiary/aromatic N) is 1. The van der Waals surface area contributed by atoms with E-state index in [0.29, 0.717) is 11.5 Å². The second kappa shape index (κ2) is 5.80. The molecule has 1 atom stereocenters. The molecule has 3 heteroatoms. The Bertz CT molecular complexity index is 472. The van der Waals surface area contributed by atoms with Gasteiger partial charge in [0.2, 0.25) is 0 Å². The Kier molecular flexibility index (Phi) is 4.48. The van der Waals surface area contributed by atoms with E-state index in [-0.39, 0.29) is 5.54 Å². The van der Waals surface area contributed by atoms with Crippen molar-refractivity contribution in [2.45, 2.75) is 52.6 Å². The molecule has 0 aromatic heterocycles. The van der Waals surface area contributed by atoms with Gasteiger partial charge in [0.1, 0.15) is 0 Å². The highest BCUT2D eigenvalue weighted by Gasteiger charge is 2.29. The number of aliphatic imine (C=N–C) groups is 1. The summed E-state index contributed by atoms with van der Waals surface area (Å²) in [5.74, 6) is 1.04. The predicted octanol–water partition coefficient (Wildman–Crippen LogP) is 4.63. The summed E-state index contributed by atoms with van der Waals surface area (Å²) in [4.78, 5) is 4.84. The third-order valence-corrected chi connectivity index (χ3v) is 4.22. The summed E-state index contributed by atoms with van der Waals surface area (Å²) in [5, 5.41) is 4.72. The van der Waals surface area contributed by atoms with Crippen molar-refractivity contribution in [3.05, 3.63) is 35.9 Å². The van der Waals surface area contributed by atoms with Gasteiger partial charge in [-0.2, -0.15) is 0 Å². The molecular weight excluding hydrogens is 264 g/mol. The van der Waals surface area contributed by atoms with Gasteiger partial charge in [0, 0.05) is 11.3 Å². The van der Waals surface area contributed by atoms with E-state index in [0.717, 1.165) is 17.3 Å². The summed E-state index contributed by atoms with van der Waals surface area (Å²) >= 11 is 1.84. The van der Waals surface area contributed by atoms with Gasteiger partial charge in [-0.25, -0.2) is 0 Å². The minimum Gasteiger partial charge on any atom is -0.360 e. The first kappa shape index (κ1) is 15.4. The minimum atomic E-state index is 0.0790. The van der Waals surface area contributed by atoms with E-state index in [2.05, 4.69) is 70.3 Å². The number of benzene rings is 1. The summed E-state index contributed by atoms with van der Waals surface area (Å²) in [5.41, 5.74) is 1.71. The summed E-state index contributed by atoms with van der Waals surface area (Å²) in [6.45, 7) is 11.4. The lowest BCUT2D eigenvalue weighted by molar-refractivity contribution is 0.268. The summed E-state index contributed by atoms with van der Waals surface area (Å²) in [6, 6.07) is 10.9. The summed E-state index contributed by atoms with van der Waals surface area (Å²) in [7, 11) is 0. The van der Waals surface area contributed by atoms with Crippen molar-refractivity contribution in [2.24, 2.45) is 10.4 Å². The molecule has 0 aliphatic carbocycles. The van der Waals surface area contributed by atoms with Gasteiger partial charge in [0.15, 0.2) is 5.17 Å². The smallest absolute Gasteiger partial charge is 0.157 e. The Morgan fingerprint density at radius 2 is 1.80 bits per heavy atom. The molecule has 1 aromatic rings. The average molecular weight is 290 g/mol. The highest BCUT2D eigenvalue weighted by Crippen LogP contribution is 2.32. The molecule has 0 bridgehead atoms. The maximum absolute atomic E-state index is 4.84. The maximum Gasteiger partial charge on any atom is 0.157 e. The Morgan fingerprint density at radius 3 is 2.40 bits per heavy atom. The number of hydrogen-bond acceptors (Lipinski definition) is 3. The van der Waals surface area contributed by atoms with Crippen molar-refractivity contribution in [1.82, 2.24) is 5.32 Å². The van der Waals surface area contributed by atoms with Gasteiger partial charge in [0.05, 0.1) is 6.04 Å². The molecule has 0 spiro atoms. The van der Waals surface area contributed by atoms with Gasteiger partial charge in [0.25, 0.3) is 0 Å². The number of nitrogens with one attached hydrogen (secondary N) is 1. The quantitative estimate of drug-likeness (QED) is 0.877. The third-order valence-electron chi connectivity index (χ3n) is 3.25. The maximum atomic E-state index is 4.84. The van der Waals surface area contributed by atoms with Gasteiger partial charge in [-0.3, -0.25) is 4.99 Å². The van der Waals surface area contributed by atoms with Crippen LogP contribution in [0.5, 0.6) is 0 Å². The minimum absolute atomic E-state index is 0.0790. The lowest BCUT2D eigenvalue weighted by atomic mass is 9.82. The van der Waals surface area contributed by atoms with Gasteiger partial charge >= 0.3 is 0 Å². The lowest BCUT2D eigenvalue weighted by Crippen LogP contribution is -2.44. The first-order chi connectivity index (χ1) is 9.25. The van der Waals surface area contributed by atoms with Crippen LogP contribution in [0.3, 0.4) is 0 Å². The molecule has 2 rings (SSSR count). The van der Waals surface area contributed by atoms with Crippen LogP contribution in [0, 0.1) is 5.41 Å². The van der Waals surface area contributed by atoms with Crippen LogP contribution >= 0.6 is 11.8 Å². The van der Waals surface area contributed by atoms with E-state index in [1.54, 1.807) is 0 Å². The molecule has 1 heterocycles. The number of thioether (sulfide) groups is 1. The molecule has 1 unspecified atom stereocenters. The molecule has 0 radical (unpaired) electrons. The first-order valence-electron chi connectivity index (χ1n) is 7.29. The molecule has 1 aliphatic rings. The van der Waals surface area contributed by atoms with Crippen molar-refractivity contribution in [3.63, 3.8) is 0 Å². The third kappa shape index (κ3) is 4.55. The van der Waals surface area contributed by atoms with Crippen LogP contribution in [0.2, 0.25) is 0 Å². The highest BCUT2D eigenvalue weighted by molar-refractivity contribution is 8.14. The number of rotatable bonds is 3. The predicted molar refractivity (Wildman–Crippen MR) is 90.4 cm³/mol. The Labute approximate surface area is 127 Å². The second-order valence-corrected chi connectivity index (χ2v) is 8.43.